The second-order valence-corrected chi connectivity index (χ2v) is 8.66. The second-order valence-electron chi connectivity index (χ2n) is 6.91. The molecule has 2 aromatic carbocycles. The van der Waals surface area contributed by atoms with Crippen LogP contribution in [0.3, 0.4) is 0 Å². The number of rotatable bonds is 7. The molecule has 1 saturated heterocycles. The van der Waals surface area contributed by atoms with E-state index in [9.17, 15) is 4.39 Å². The minimum atomic E-state index is -0.277. The molecule has 4 rings (SSSR count). The van der Waals surface area contributed by atoms with Crippen molar-refractivity contribution in [2.45, 2.75) is 17.5 Å². The summed E-state index contributed by atoms with van der Waals surface area (Å²) in [6, 6.07) is 11.8. The molecule has 0 atom stereocenters. The number of benzene rings is 2. The first kappa shape index (κ1) is 21.6. The second kappa shape index (κ2) is 10.1. The van der Waals surface area contributed by atoms with Gasteiger partial charge in [-0.05, 0) is 42.0 Å². The topological polar surface area (TPSA) is 43.2 Å². The van der Waals surface area contributed by atoms with Crippen LogP contribution in [0.2, 0.25) is 10.0 Å². The number of nitrogens with zero attached hydrogens (tertiary/aromatic N) is 4. The summed E-state index contributed by atoms with van der Waals surface area (Å²) in [6.45, 7) is 4.89. The third kappa shape index (κ3) is 5.15. The Balaban J connectivity index is 1.57. The summed E-state index contributed by atoms with van der Waals surface area (Å²) in [5, 5.41) is 10.8. The zero-order chi connectivity index (χ0) is 20.9. The van der Waals surface area contributed by atoms with Crippen LogP contribution >= 0.6 is 35.0 Å². The van der Waals surface area contributed by atoms with Crippen LogP contribution in [0, 0.1) is 5.82 Å². The first-order valence-corrected chi connectivity index (χ1v) is 11.4. The Bertz CT molecular complexity index is 973. The molecular formula is C21H21Cl2FN4OS. The summed E-state index contributed by atoms with van der Waals surface area (Å²) in [7, 11) is 0. The summed E-state index contributed by atoms with van der Waals surface area (Å²) >= 11 is 14.2. The minimum Gasteiger partial charge on any atom is -0.379 e. The number of ether oxygens (including phenoxy) is 1. The molecule has 2 heterocycles. The summed E-state index contributed by atoms with van der Waals surface area (Å²) in [5.41, 5.74) is 1.70. The maximum atomic E-state index is 13.4. The highest BCUT2D eigenvalue weighted by Crippen LogP contribution is 2.32. The Morgan fingerprint density at radius 1 is 0.967 bits per heavy atom. The summed E-state index contributed by atoms with van der Waals surface area (Å²) in [6.07, 6.45) is 0. The van der Waals surface area contributed by atoms with Gasteiger partial charge in [-0.25, -0.2) is 4.39 Å². The number of hydrogen-bond donors (Lipinski definition) is 0. The van der Waals surface area contributed by atoms with Crippen LogP contribution in [0.4, 0.5) is 4.39 Å². The molecule has 1 aromatic heterocycles. The lowest BCUT2D eigenvalue weighted by Crippen LogP contribution is -2.38. The van der Waals surface area contributed by atoms with E-state index in [4.69, 9.17) is 27.9 Å². The van der Waals surface area contributed by atoms with Crippen LogP contribution in [0.15, 0.2) is 47.6 Å². The van der Waals surface area contributed by atoms with E-state index in [1.807, 2.05) is 18.2 Å². The van der Waals surface area contributed by atoms with E-state index in [2.05, 4.69) is 19.7 Å². The molecule has 5 nitrogen and oxygen atoms in total. The van der Waals surface area contributed by atoms with Crippen molar-refractivity contribution in [2.24, 2.45) is 0 Å². The quantitative estimate of drug-likeness (QED) is 0.457. The normalized spacial score (nSPS) is 14.9. The fourth-order valence-corrected chi connectivity index (χ4v) is 4.99. The van der Waals surface area contributed by atoms with Gasteiger partial charge in [0.1, 0.15) is 5.82 Å². The van der Waals surface area contributed by atoms with Gasteiger partial charge in [0, 0.05) is 47.5 Å². The van der Waals surface area contributed by atoms with Crippen LogP contribution in [0.5, 0.6) is 0 Å². The highest BCUT2D eigenvalue weighted by molar-refractivity contribution is 7.98. The molecule has 1 fully saturated rings. The van der Waals surface area contributed by atoms with Crippen LogP contribution in [0.1, 0.15) is 5.56 Å². The molecule has 1 aliphatic heterocycles. The summed E-state index contributed by atoms with van der Waals surface area (Å²) in [5.74, 6) is 1.02. The van der Waals surface area contributed by atoms with E-state index in [1.165, 1.54) is 23.9 Å². The zero-order valence-electron chi connectivity index (χ0n) is 16.2. The molecule has 0 aliphatic carbocycles. The van der Waals surface area contributed by atoms with Crippen LogP contribution in [0.25, 0.3) is 11.4 Å². The SMILES string of the molecule is Fc1ccc(-c2nnc(SCc3c(Cl)cccc3Cl)n2CCN2CCOCC2)cc1. The molecule has 0 radical (unpaired) electrons. The largest absolute Gasteiger partial charge is 0.379 e. The maximum absolute atomic E-state index is 13.4. The molecule has 0 amide bonds. The van der Waals surface area contributed by atoms with Gasteiger partial charge in [0.15, 0.2) is 11.0 Å². The van der Waals surface area contributed by atoms with Crippen LogP contribution in [-0.2, 0) is 17.0 Å². The number of halogens is 3. The Kier molecular flexibility index (Phi) is 7.28. The summed E-state index contributed by atoms with van der Waals surface area (Å²) in [4.78, 5) is 2.36. The molecule has 9 heteroatoms. The minimum absolute atomic E-state index is 0.277. The van der Waals surface area contributed by atoms with E-state index in [1.54, 1.807) is 12.1 Å². The van der Waals surface area contributed by atoms with Gasteiger partial charge in [-0.3, -0.25) is 4.90 Å². The van der Waals surface area contributed by atoms with Crippen molar-refractivity contribution in [3.63, 3.8) is 0 Å². The van der Waals surface area contributed by atoms with E-state index in [0.29, 0.717) is 15.8 Å². The maximum Gasteiger partial charge on any atom is 0.191 e. The number of thioether (sulfide) groups is 1. The average molecular weight is 467 g/mol. The van der Waals surface area contributed by atoms with Crippen molar-refractivity contribution in [3.05, 3.63) is 63.9 Å². The van der Waals surface area contributed by atoms with Crippen molar-refractivity contribution in [2.75, 3.05) is 32.8 Å². The molecule has 158 valence electrons. The third-order valence-corrected chi connectivity index (χ3v) is 6.67. The van der Waals surface area contributed by atoms with Gasteiger partial charge in [0.25, 0.3) is 0 Å². The molecule has 0 N–H and O–H groups in total. The first-order valence-electron chi connectivity index (χ1n) is 9.67. The molecule has 0 bridgehead atoms. The van der Waals surface area contributed by atoms with Crippen LogP contribution in [-0.4, -0.2) is 52.5 Å². The monoisotopic (exact) mass is 466 g/mol. The number of morpholine rings is 1. The smallest absolute Gasteiger partial charge is 0.191 e. The van der Waals surface area contributed by atoms with Crippen molar-refractivity contribution >= 4 is 35.0 Å². The molecule has 30 heavy (non-hydrogen) atoms. The molecule has 0 unspecified atom stereocenters. The predicted octanol–water partition coefficient (Wildman–Crippen LogP) is 5.02. The number of aromatic nitrogens is 3. The predicted molar refractivity (Wildman–Crippen MR) is 119 cm³/mol. The van der Waals surface area contributed by atoms with Gasteiger partial charge < -0.3 is 9.30 Å². The third-order valence-electron chi connectivity index (χ3n) is 4.97. The molecule has 0 spiro atoms. The van der Waals surface area contributed by atoms with Crippen molar-refractivity contribution in [3.8, 4) is 11.4 Å². The molecular weight excluding hydrogens is 446 g/mol. The van der Waals surface area contributed by atoms with Gasteiger partial charge in [-0.1, -0.05) is 41.0 Å². The fourth-order valence-electron chi connectivity index (χ4n) is 3.28. The summed E-state index contributed by atoms with van der Waals surface area (Å²) < 4.78 is 20.9. The van der Waals surface area contributed by atoms with Crippen molar-refractivity contribution < 1.29 is 9.13 Å². The highest BCUT2D eigenvalue weighted by Gasteiger charge is 2.18. The van der Waals surface area contributed by atoms with Gasteiger partial charge in [-0.15, -0.1) is 10.2 Å². The lowest BCUT2D eigenvalue weighted by atomic mass is 10.2. The van der Waals surface area contributed by atoms with E-state index in [0.717, 1.165) is 61.5 Å². The van der Waals surface area contributed by atoms with Crippen LogP contribution < -0.4 is 0 Å². The Morgan fingerprint density at radius 2 is 1.67 bits per heavy atom. The van der Waals surface area contributed by atoms with Gasteiger partial charge >= 0.3 is 0 Å². The molecule has 0 saturated carbocycles. The Hall–Kier alpha value is -1.64. The van der Waals surface area contributed by atoms with Crippen molar-refractivity contribution in [1.29, 1.82) is 0 Å². The van der Waals surface area contributed by atoms with E-state index < -0.39 is 0 Å². The fraction of sp³-hybridized carbons (Fsp3) is 0.333. The lowest BCUT2D eigenvalue weighted by molar-refractivity contribution is 0.0361. The number of hydrogen-bond acceptors (Lipinski definition) is 5. The van der Waals surface area contributed by atoms with Gasteiger partial charge in [0.2, 0.25) is 0 Å². The Morgan fingerprint density at radius 3 is 2.37 bits per heavy atom. The zero-order valence-corrected chi connectivity index (χ0v) is 18.6. The van der Waals surface area contributed by atoms with Gasteiger partial charge in [-0.2, -0.15) is 0 Å². The lowest BCUT2D eigenvalue weighted by Gasteiger charge is -2.27. The Labute approximate surface area is 189 Å². The molecule has 1 aliphatic rings. The first-order chi connectivity index (χ1) is 14.6. The standard InChI is InChI=1S/C21H21Cl2FN4OS/c22-18-2-1-3-19(23)17(18)14-30-21-26-25-20(15-4-6-16(24)7-5-15)28(21)9-8-27-10-12-29-13-11-27/h1-7H,8-14H2. The van der Waals surface area contributed by atoms with E-state index >= 15 is 0 Å². The average Bonchev–Trinajstić information content (AvgIpc) is 3.16. The highest BCUT2D eigenvalue weighted by atomic mass is 35.5. The van der Waals surface area contributed by atoms with Gasteiger partial charge in [0.05, 0.1) is 13.2 Å². The molecule has 3 aromatic rings. The van der Waals surface area contributed by atoms with Crippen molar-refractivity contribution in [1.82, 2.24) is 19.7 Å². The van der Waals surface area contributed by atoms with E-state index in [-0.39, 0.29) is 5.82 Å².